The van der Waals surface area contributed by atoms with Gasteiger partial charge in [-0.3, -0.25) is 9.59 Å². The maximum absolute atomic E-state index is 14.5. The van der Waals surface area contributed by atoms with E-state index >= 15 is 0 Å². The summed E-state index contributed by atoms with van der Waals surface area (Å²) in [6.07, 6.45) is 9.71. The van der Waals surface area contributed by atoms with Gasteiger partial charge in [-0.05, 0) is 77.3 Å². The predicted octanol–water partition coefficient (Wildman–Crippen LogP) is 6.05. The van der Waals surface area contributed by atoms with E-state index in [1.807, 2.05) is 55.6 Å². The number of ether oxygens (including phenoxy) is 3. The number of hydrogen-bond acceptors (Lipinski definition) is 11. The second kappa shape index (κ2) is 16.4. The summed E-state index contributed by atoms with van der Waals surface area (Å²) < 4.78 is 17.9. The first-order valence-electron chi connectivity index (χ1n) is 19.4. The lowest BCUT2D eigenvalue weighted by Gasteiger charge is -2.29. The van der Waals surface area contributed by atoms with E-state index in [2.05, 4.69) is 16.0 Å². The minimum absolute atomic E-state index is 0.0324. The monoisotopic (exact) mass is 774 g/mol. The molecule has 1 unspecified atom stereocenters. The van der Waals surface area contributed by atoms with E-state index < -0.39 is 47.6 Å². The lowest BCUT2D eigenvalue weighted by molar-refractivity contribution is -0.145. The third-order valence-corrected chi connectivity index (χ3v) is 11.7. The van der Waals surface area contributed by atoms with E-state index in [-0.39, 0.29) is 37.5 Å². The Hall–Kier alpha value is -4.92. The molecule has 3 amide bonds. The van der Waals surface area contributed by atoms with Gasteiger partial charge in [-0.25, -0.2) is 19.6 Å². The van der Waals surface area contributed by atoms with Gasteiger partial charge < -0.3 is 40.2 Å². The van der Waals surface area contributed by atoms with Crippen LogP contribution in [-0.4, -0.2) is 93.4 Å². The highest BCUT2D eigenvalue weighted by molar-refractivity contribution is 7.14. The van der Waals surface area contributed by atoms with Crippen LogP contribution in [0.3, 0.4) is 0 Å². The highest BCUT2D eigenvalue weighted by Crippen LogP contribution is 2.45. The minimum atomic E-state index is -1.45. The molecule has 294 valence electrons. The Bertz CT molecular complexity index is 1940. The molecule has 2 saturated carbocycles. The lowest BCUT2D eigenvalue weighted by atomic mass is 10.0. The molecular weight excluding hydrogens is 725 g/mol. The third kappa shape index (κ3) is 8.66. The summed E-state index contributed by atoms with van der Waals surface area (Å²) in [4.78, 5) is 65.5. The van der Waals surface area contributed by atoms with Crippen LogP contribution in [0.1, 0.15) is 84.5 Å². The molecule has 4 aliphatic rings. The van der Waals surface area contributed by atoms with Gasteiger partial charge >= 0.3 is 12.1 Å². The van der Waals surface area contributed by atoms with E-state index in [0.717, 1.165) is 50.1 Å². The van der Waals surface area contributed by atoms with Crippen molar-refractivity contribution in [1.29, 1.82) is 0 Å². The number of carbonyl (C=O) groups is 4. The van der Waals surface area contributed by atoms with Gasteiger partial charge in [0.1, 0.15) is 47.0 Å². The number of thiazole rings is 1. The highest BCUT2D eigenvalue weighted by atomic mass is 32.1. The van der Waals surface area contributed by atoms with Crippen molar-refractivity contribution in [3.05, 3.63) is 41.8 Å². The summed E-state index contributed by atoms with van der Waals surface area (Å²) in [6.45, 7) is 4.11. The van der Waals surface area contributed by atoms with E-state index in [9.17, 15) is 24.3 Å². The predicted molar refractivity (Wildman–Crippen MR) is 207 cm³/mol. The van der Waals surface area contributed by atoms with Gasteiger partial charge in [0.2, 0.25) is 11.8 Å². The van der Waals surface area contributed by atoms with Gasteiger partial charge in [0.25, 0.3) is 0 Å². The maximum Gasteiger partial charge on any atom is 0.408 e. The van der Waals surface area contributed by atoms with Crippen LogP contribution < -0.4 is 25.4 Å². The standard InChI is InChI=1S/C40H50N6O8S/c1-23(2)41-38-43-32(22-55-38)31-19-34(28-16-15-26(52-3)17-30(28)42-31)53-27-18-33-35(47)45-40(37(49)50)20-24(40)11-7-5-4-6-8-14-29(36(48)46(33)21-27)44-39(51)54-25-12-9-10-13-25/h7,11,15-17,19,22-25,27,29,33H,4-6,8-10,12-14,18,20-21H2,1-3H3,(H,41,43)(H,44,51)(H,45,47)(H,49,50)/b11-7-/t24-,27?,29+,33+,40-/m1/s1. The van der Waals surface area contributed by atoms with Gasteiger partial charge in [-0.2, -0.15) is 0 Å². The smallest absolute Gasteiger partial charge is 0.408 e. The molecule has 1 aromatic carbocycles. The first-order chi connectivity index (χ1) is 26.5. The van der Waals surface area contributed by atoms with Crippen LogP contribution in [0.25, 0.3) is 22.3 Å². The van der Waals surface area contributed by atoms with Crippen LogP contribution in [0.4, 0.5) is 9.93 Å². The maximum atomic E-state index is 14.5. The molecule has 2 aliphatic carbocycles. The molecule has 0 radical (unpaired) electrons. The molecule has 15 heteroatoms. The molecule has 4 N–H and O–H groups in total. The van der Waals surface area contributed by atoms with Crippen LogP contribution in [0.15, 0.2) is 41.8 Å². The molecule has 3 fully saturated rings. The zero-order valence-corrected chi connectivity index (χ0v) is 32.4. The number of carboxylic acids is 1. The van der Waals surface area contributed by atoms with Crippen molar-refractivity contribution in [2.75, 3.05) is 19.0 Å². The van der Waals surface area contributed by atoms with Crippen molar-refractivity contribution < 1.29 is 38.5 Å². The van der Waals surface area contributed by atoms with Crippen molar-refractivity contribution in [2.45, 2.75) is 120 Å². The van der Waals surface area contributed by atoms with Crippen molar-refractivity contribution in [3.8, 4) is 22.9 Å². The van der Waals surface area contributed by atoms with Gasteiger partial charge in [-0.15, -0.1) is 11.3 Å². The van der Waals surface area contributed by atoms with E-state index in [4.69, 9.17) is 24.2 Å². The van der Waals surface area contributed by atoms with Crippen molar-refractivity contribution in [1.82, 2.24) is 25.5 Å². The molecule has 5 atom stereocenters. The number of alkyl carbamates (subject to hydrolysis) is 1. The first-order valence-corrected chi connectivity index (χ1v) is 20.3. The number of amides is 3. The minimum Gasteiger partial charge on any atom is -0.497 e. The average Bonchev–Trinajstić information content (AvgIpc) is 3.58. The van der Waals surface area contributed by atoms with Crippen molar-refractivity contribution in [3.63, 3.8) is 0 Å². The first kappa shape index (κ1) is 38.4. The molecule has 0 spiro atoms. The third-order valence-electron chi connectivity index (χ3n) is 10.9. The number of nitrogens with one attached hydrogen (secondary N) is 3. The lowest BCUT2D eigenvalue weighted by Crippen LogP contribution is -2.56. The molecule has 55 heavy (non-hydrogen) atoms. The van der Waals surface area contributed by atoms with E-state index in [1.165, 1.54) is 16.2 Å². The number of anilines is 1. The molecule has 0 bridgehead atoms. The number of allylic oxidation sites excluding steroid dienone is 1. The normalized spacial score (nSPS) is 26.7. The number of pyridine rings is 1. The Morgan fingerprint density at radius 2 is 1.84 bits per heavy atom. The Balaban J connectivity index is 1.20. The van der Waals surface area contributed by atoms with Crippen LogP contribution >= 0.6 is 11.3 Å². The summed E-state index contributed by atoms with van der Waals surface area (Å²) in [5.74, 6) is -1.37. The summed E-state index contributed by atoms with van der Waals surface area (Å²) in [6, 6.07) is 5.50. The number of rotatable bonds is 9. The van der Waals surface area contributed by atoms with Crippen LogP contribution in [0, 0.1) is 5.92 Å². The quantitative estimate of drug-likeness (QED) is 0.186. The number of nitrogens with zero attached hydrogens (tertiary/aromatic N) is 3. The van der Waals surface area contributed by atoms with Crippen molar-refractivity contribution in [2.24, 2.45) is 5.92 Å². The molecular formula is C40H50N6O8S. The molecule has 14 nitrogen and oxygen atoms in total. The number of carbonyl (C=O) groups excluding carboxylic acids is 3. The largest absolute Gasteiger partial charge is 0.497 e. The van der Waals surface area contributed by atoms with Gasteiger partial charge in [0.15, 0.2) is 5.13 Å². The molecule has 2 aliphatic heterocycles. The summed E-state index contributed by atoms with van der Waals surface area (Å²) in [7, 11) is 1.58. The number of hydrogen-bond donors (Lipinski definition) is 4. The Morgan fingerprint density at radius 3 is 2.60 bits per heavy atom. The van der Waals surface area contributed by atoms with Crippen molar-refractivity contribution >= 4 is 51.2 Å². The average molecular weight is 775 g/mol. The van der Waals surface area contributed by atoms with Gasteiger partial charge in [0.05, 0.1) is 24.9 Å². The number of benzene rings is 1. The number of methoxy groups -OCH3 is 1. The summed E-state index contributed by atoms with van der Waals surface area (Å²) >= 11 is 1.47. The zero-order chi connectivity index (χ0) is 38.7. The molecule has 7 rings (SSSR count). The Labute approximate surface area is 324 Å². The topological polar surface area (TPSA) is 181 Å². The molecule has 2 aromatic heterocycles. The number of aliphatic carboxylic acids is 1. The number of fused-ring (bicyclic) bond motifs is 3. The number of aromatic nitrogens is 2. The van der Waals surface area contributed by atoms with E-state index in [1.54, 1.807) is 7.11 Å². The Morgan fingerprint density at radius 1 is 1.04 bits per heavy atom. The second-order valence-electron chi connectivity index (χ2n) is 15.4. The SMILES string of the molecule is COc1ccc2c(OC3C[C@H]4C(=O)N[C@]5(C(=O)O)C[C@H]5/C=C\CCCCC[C@H](NC(=O)OC5CCCC5)C(=O)N4C3)cc(-c3csc(NC(C)C)n3)nc2c1. The molecule has 4 heterocycles. The van der Waals surface area contributed by atoms with Gasteiger partial charge in [-0.1, -0.05) is 25.0 Å². The fraction of sp³-hybridized carbons (Fsp3) is 0.550. The highest BCUT2D eigenvalue weighted by Gasteiger charge is 2.61. The van der Waals surface area contributed by atoms with Crippen LogP contribution in [0.5, 0.6) is 11.5 Å². The number of carboxylic acid groups (broad SMARTS) is 1. The fourth-order valence-corrected chi connectivity index (χ4v) is 8.75. The van der Waals surface area contributed by atoms with Crippen LogP contribution in [0.2, 0.25) is 0 Å². The zero-order valence-electron chi connectivity index (χ0n) is 31.5. The Kier molecular flexibility index (Phi) is 11.5. The molecule has 3 aromatic rings. The van der Waals surface area contributed by atoms with Gasteiger partial charge in [0, 0.05) is 41.3 Å². The fourth-order valence-electron chi connectivity index (χ4n) is 7.90. The molecule has 1 saturated heterocycles. The second-order valence-corrected chi connectivity index (χ2v) is 16.2. The van der Waals surface area contributed by atoms with E-state index in [0.29, 0.717) is 46.6 Å². The summed E-state index contributed by atoms with van der Waals surface area (Å²) in [5.41, 5.74) is 0.394. The van der Waals surface area contributed by atoms with Crippen LogP contribution in [-0.2, 0) is 19.1 Å². The summed E-state index contributed by atoms with van der Waals surface area (Å²) in [5, 5.41) is 22.6.